The molecule has 3 N–H and O–H groups in total. The molecule has 0 heterocycles. The summed E-state index contributed by atoms with van der Waals surface area (Å²) in [4.78, 5) is 25.0. The Morgan fingerprint density at radius 1 is 1.12 bits per heavy atom. The largest absolute Gasteiger partial charge is 0.480 e. The van der Waals surface area contributed by atoms with Crippen LogP contribution in [-0.2, 0) is 21.2 Å². The number of nitrogens with zero attached hydrogens (tertiary/aromatic N) is 1. The molecule has 1 amide bonds. The lowest BCUT2D eigenvalue weighted by molar-refractivity contribution is -0.135. The molecule has 0 aromatic heterocycles. The van der Waals surface area contributed by atoms with Crippen molar-refractivity contribution in [2.45, 2.75) is 11.4 Å². The minimum Gasteiger partial charge on any atom is -0.480 e. The molecule has 2 aromatic rings. The van der Waals surface area contributed by atoms with E-state index in [9.17, 15) is 18.0 Å². The third-order valence-electron chi connectivity index (χ3n) is 3.51. The first-order valence-electron chi connectivity index (χ1n) is 7.35. The van der Waals surface area contributed by atoms with Gasteiger partial charge in [0, 0.05) is 24.1 Å². The SMILES string of the molecule is CS(=O)(=O)c1cccc(N(CC(=O)O)C(=O)c2cccc(CN)c2)c1. The van der Waals surface area contributed by atoms with Crippen LogP contribution < -0.4 is 10.6 Å². The van der Waals surface area contributed by atoms with Gasteiger partial charge in [0.1, 0.15) is 6.54 Å². The maximum absolute atomic E-state index is 12.8. The number of rotatable bonds is 6. The third kappa shape index (κ3) is 4.65. The average Bonchev–Trinajstić information content (AvgIpc) is 2.58. The maximum Gasteiger partial charge on any atom is 0.323 e. The molecular weight excluding hydrogens is 344 g/mol. The second-order valence-electron chi connectivity index (χ2n) is 5.46. The van der Waals surface area contributed by atoms with E-state index in [-0.39, 0.29) is 22.7 Å². The smallest absolute Gasteiger partial charge is 0.323 e. The zero-order valence-electron chi connectivity index (χ0n) is 13.5. The molecule has 0 saturated heterocycles. The van der Waals surface area contributed by atoms with E-state index in [1.165, 1.54) is 24.3 Å². The lowest BCUT2D eigenvalue weighted by Crippen LogP contribution is -2.35. The summed E-state index contributed by atoms with van der Waals surface area (Å²) in [6.45, 7) is -0.359. The first-order chi connectivity index (χ1) is 11.7. The molecule has 2 rings (SSSR count). The van der Waals surface area contributed by atoms with E-state index >= 15 is 0 Å². The first kappa shape index (κ1) is 18.6. The summed E-state index contributed by atoms with van der Waals surface area (Å²) in [5.41, 5.74) is 6.76. The van der Waals surface area contributed by atoms with Gasteiger partial charge in [0.15, 0.2) is 9.84 Å². The van der Waals surface area contributed by atoms with Crippen molar-refractivity contribution >= 4 is 27.4 Å². The van der Waals surface area contributed by atoms with E-state index in [0.29, 0.717) is 0 Å². The maximum atomic E-state index is 12.8. The molecule has 0 aliphatic rings. The number of sulfone groups is 1. The van der Waals surface area contributed by atoms with Crippen LogP contribution in [0.5, 0.6) is 0 Å². The number of carboxylic acid groups (broad SMARTS) is 1. The number of hydrogen-bond acceptors (Lipinski definition) is 5. The molecule has 0 unspecified atom stereocenters. The lowest BCUT2D eigenvalue weighted by Gasteiger charge is -2.21. The molecule has 132 valence electrons. The van der Waals surface area contributed by atoms with Gasteiger partial charge in [0.05, 0.1) is 4.90 Å². The van der Waals surface area contributed by atoms with Gasteiger partial charge in [-0.25, -0.2) is 8.42 Å². The molecule has 2 aromatic carbocycles. The molecule has 0 aliphatic carbocycles. The molecule has 7 nitrogen and oxygen atoms in total. The number of amides is 1. The summed E-state index contributed by atoms with van der Waals surface area (Å²) in [5, 5.41) is 9.14. The standard InChI is InChI=1S/C17H18N2O5S/c1-25(23,24)15-7-3-6-14(9-15)19(11-16(20)21)17(22)13-5-2-4-12(8-13)10-18/h2-9H,10-11,18H2,1H3,(H,20,21). The predicted octanol–water partition coefficient (Wildman–Crippen LogP) is 1.28. The Kier molecular flexibility index (Phi) is 5.55. The van der Waals surface area contributed by atoms with Crippen molar-refractivity contribution < 1.29 is 23.1 Å². The minimum atomic E-state index is -3.49. The van der Waals surface area contributed by atoms with Crippen molar-refractivity contribution in [3.8, 4) is 0 Å². The summed E-state index contributed by atoms with van der Waals surface area (Å²) >= 11 is 0. The predicted molar refractivity (Wildman–Crippen MR) is 93.2 cm³/mol. The van der Waals surface area contributed by atoms with Crippen molar-refractivity contribution in [3.63, 3.8) is 0 Å². The van der Waals surface area contributed by atoms with Crippen LogP contribution in [0.25, 0.3) is 0 Å². The fraction of sp³-hybridized carbons (Fsp3) is 0.176. The Labute approximate surface area is 145 Å². The Morgan fingerprint density at radius 3 is 2.40 bits per heavy atom. The van der Waals surface area contributed by atoms with Crippen LogP contribution in [-0.4, -0.2) is 38.2 Å². The zero-order valence-corrected chi connectivity index (χ0v) is 14.4. The van der Waals surface area contributed by atoms with Gasteiger partial charge in [0.2, 0.25) is 0 Å². The highest BCUT2D eigenvalue weighted by Gasteiger charge is 2.22. The van der Waals surface area contributed by atoms with Gasteiger partial charge >= 0.3 is 5.97 Å². The van der Waals surface area contributed by atoms with Crippen LogP contribution in [0, 0.1) is 0 Å². The second-order valence-corrected chi connectivity index (χ2v) is 7.47. The van der Waals surface area contributed by atoms with Gasteiger partial charge in [-0.1, -0.05) is 18.2 Å². The minimum absolute atomic E-state index is 0.00361. The van der Waals surface area contributed by atoms with E-state index in [0.717, 1.165) is 16.7 Å². The van der Waals surface area contributed by atoms with Gasteiger partial charge in [-0.3, -0.25) is 14.5 Å². The van der Waals surface area contributed by atoms with Crippen molar-refractivity contribution in [2.24, 2.45) is 5.73 Å². The van der Waals surface area contributed by atoms with Crippen LogP contribution >= 0.6 is 0 Å². The molecule has 0 spiro atoms. The number of carbonyl (C=O) groups is 2. The number of carboxylic acids is 1. The molecular formula is C17H18N2O5S. The van der Waals surface area contributed by atoms with Crippen LogP contribution in [0.3, 0.4) is 0 Å². The molecule has 0 saturated carbocycles. The number of nitrogens with two attached hydrogens (primary N) is 1. The summed E-state index contributed by atoms with van der Waals surface area (Å²) in [6.07, 6.45) is 1.04. The first-order valence-corrected chi connectivity index (χ1v) is 9.24. The Hall–Kier alpha value is -2.71. The van der Waals surface area contributed by atoms with Crippen molar-refractivity contribution in [1.29, 1.82) is 0 Å². The van der Waals surface area contributed by atoms with Gasteiger partial charge in [-0.15, -0.1) is 0 Å². The molecule has 0 bridgehead atoms. The van der Waals surface area contributed by atoms with Crippen LogP contribution in [0.1, 0.15) is 15.9 Å². The summed E-state index contributed by atoms with van der Waals surface area (Å²) in [7, 11) is -3.49. The van der Waals surface area contributed by atoms with Gasteiger partial charge in [-0.2, -0.15) is 0 Å². The van der Waals surface area contributed by atoms with Crippen LogP contribution in [0.4, 0.5) is 5.69 Å². The molecule has 0 atom stereocenters. The highest BCUT2D eigenvalue weighted by Crippen LogP contribution is 2.22. The van der Waals surface area contributed by atoms with Crippen molar-refractivity contribution in [3.05, 3.63) is 59.7 Å². The zero-order chi connectivity index (χ0) is 18.6. The fourth-order valence-electron chi connectivity index (χ4n) is 2.28. The monoisotopic (exact) mass is 362 g/mol. The van der Waals surface area contributed by atoms with Gasteiger partial charge in [-0.05, 0) is 35.9 Å². The Morgan fingerprint density at radius 2 is 1.80 bits per heavy atom. The van der Waals surface area contributed by atoms with Crippen LogP contribution in [0.2, 0.25) is 0 Å². The molecule has 8 heteroatoms. The number of anilines is 1. The third-order valence-corrected chi connectivity index (χ3v) is 4.62. The molecule has 0 aliphatic heterocycles. The van der Waals surface area contributed by atoms with Crippen molar-refractivity contribution in [1.82, 2.24) is 0 Å². The number of carbonyl (C=O) groups excluding carboxylic acids is 1. The van der Waals surface area contributed by atoms with Crippen molar-refractivity contribution in [2.75, 3.05) is 17.7 Å². The van der Waals surface area contributed by atoms with Crippen LogP contribution in [0.15, 0.2) is 53.4 Å². The second kappa shape index (κ2) is 7.45. The van der Waals surface area contributed by atoms with E-state index in [1.54, 1.807) is 24.3 Å². The number of hydrogen-bond donors (Lipinski definition) is 2. The van der Waals surface area contributed by atoms with E-state index in [1.807, 2.05) is 0 Å². The Bertz CT molecular complexity index is 909. The normalized spacial score (nSPS) is 11.1. The summed E-state index contributed by atoms with van der Waals surface area (Å²) in [5.74, 6) is -1.77. The van der Waals surface area contributed by atoms with Gasteiger partial charge in [0.25, 0.3) is 5.91 Å². The fourth-order valence-corrected chi connectivity index (χ4v) is 2.95. The quantitative estimate of drug-likeness (QED) is 0.799. The molecule has 0 radical (unpaired) electrons. The average molecular weight is 362 g/mol. The van der Waals surface area contributed by atoms with Gasteiger partial charge < -0.3 is 10.8 Å². The highest BCUT2D eigenvalue weighted by molar-refractivity contribution is 7.90. The molecule has 25 heavy (non-hydrogen) atoms. The van der Waals surface area contributed by atoms with E-state index in [2.05, 4.69) is 0 Å². The van der Waals surface area contributed by atoms with E-state index < -0.39 is 28.3 Å². The number of aliphatic carboxylic acids is 1. The molecule has 0 fully saturated rings. The summed E-state index contributed by atoms with van der Waals surface area (Å²) < 4.78 is 23.4. The highest BCUT2D eigenvalue weighted by atomic mass is 32.2. The van der Waals surface area contributed by atoms with E-state index in [4.69, 9.17) is 10.8 Å². The lowest BCUT2D eigenvalue weighted by atomic mass is 10.1. The number of benzene rings is 2. The topological polar surface area (TPSA) is 118 Å². The Balaban J connectivity index is 2.49. The summed E-state index contributed by atoms with van der Waals surface area (Å²) in [6, 6.07) is 12.2.